The van der Waals surface area contributed by atoms with E-state index in [-0.39, 0.29) is 6.61 Å². The average molecular weight is 377 g/mol. The van der Waals surface area contributed by atoms with Crippen LogP contribution in [0.2, 0.25) is 5.02 Å². The number of nitrogens with one attached hydrogen (secondary N) is 1. The Kier molecular flexibility index (Phi) is 4.83. The highest BCUT2D eigenvalue weighted by atomic mass is 35.5. The molecule has 3 aromatic rings. The van der Waals surface area contributed by atoms with Crippen molar-refractivity contribution in [1.29, 1.82) is 4.78 Å². The van der Waals surface area contributed by atoms with Crippen LogP contribution in [0.3, 0.4) is 0 Å². The number of pyridine rings is 1. The van der Waals surface area contributed by atoms with Crippen molar-refractivity contribution >= 4 is 32.2 Å². The lowest BCUT2D eigenvalue weighted by Crippen LogP contribution is -2.00. The van der Waals surface area contributed by atoms with Gasteiger partial charge in [0.25, 0.3) is 0 Å². The summed E-state index contributed by atoms with van der Waals surface area (Å²) in [6.07, 6.45) is 3.06. The van der Waals surface area contributed by atoms with E-state index in [4.69, 9.17) is 25.9 Å². The Morgan fingerprint density at radius 1 is 1.20 bits per heavy atom. The molecular formula is C18H17ClN2O3S. The van der Waals surface area contributed by atoms with Gasteiger partial charge in [-0.25, -0.2) is 8.99 Å². The molecule has 1 heterocycles. The molecule has 0 saturated carbocycles. The summed E-state index contributed by atoms with van der Waals surface area (Å²) in [6.45, 7) is 0.284. The molecule has 0 aliphatic rings. The van der Waals surface area contributed by atoms with Gasteiger partial charge in [-0.15, -0.1) is 0 Å². The first-order valence-electron chi connectivity index (χ1n) is 7.46. The van der Waals surface area contributed by atoms with E-state index in [0.29, 0.717) is 21.4 Å². The second-order valence-electron chi connectivity index (χ2n) is 5.59. The van der Waals surface area contributed by atoms with Gasteiger partial charge in [0, 0.05) is 28.8 Å². The molecule has 1 unspecified atom stereocenters. The van der Waals surface area contributed by atoms with Crippen molar-refractivity contribution in [3.63, 3.8) is 0 Å². The van der Waals surface area contributed by atoms with Gasteiger partial charge in [0.2, 0.25) is 0 Å². The van der Waals surface area contributed by atoms with Crippen LogP contribution in [0.4, 0.5) is 0 Å². The van der Waals surface area contributed by atoms with Crippen LogP contribution in [0.15, 0.2) is 53.6 Å². The van der Waals surface area contributed by atoms with Crippen LogP contribution in [0.25, 0.3) is 10.9 Å². The fourth-order valence-corrected chi connectivity index (χ4v) is 3.40. The zero-order valence-corrected chi connectivity index (χ0v) is 15.4. The molecule has 0 saturated heterocycles. The maximum atomic E-state index is 11.9. The van der Waals surface area contributed by atoms with Gasteiger partial charge >= 0.3 is 0 Å². The number of hydrogen-bond donors (Lipinski definition) is 1. The van der Waals surface area contributed by atoms with Crippen molar-refractivity contribution < 1.29 is 13.7 Å². The van der Waals surface area contributed by atoms with E-state index in [9.17, 15) is 4.21 Å². The first-order chi connectivity index (χ1) is 11.9. The molecule has 0 amide bonds. The molecule has 0 bridgehead atoms. The zero-order chi connectivity index (χ0) is 18.0. The summed E-state index contributed by atoms with van der Waals surface area (Å²) in [6, 6.07) is 12.4. The van der Waals surface area contributed by atoms with Gasteiger partial charge in [-0.3, -0.25) is 4.98 Å². The lowest BCUT2D eigenvalue weighted by Gasteiger charge is -2.11. The molecule has 1 aromatic heterocycles. The third-order valence-electron chi connectivity index (χ3n) is 3.72. The fraction of sp³-hybridized carbons (Fsp3) is 0.167. The predicted molar refractivity (Wildman–Crippen MR) is 99.1 cm³/mol. The molecule has 0 fully saturated rings. The summed E-state index contributed by atoms with van der Waals surface area (Å²) in [4.78, 5) is 4.80. The molecule has 1 N–H and O–H groups in total. The first kappa shape index (κ1) is 17.5. The number of rotatable bonds is 5. The topological polar surface area (TPSA) is 72.3 Å². The number of methoxy groups -OCH3 is 1. The lowest BCUT2D eigenvalue weighted by atomic mass is 10.2. The maximum Gasteiger partial charge on any atom is 0.139 e. The molecule has 2 aromatic carbocycles. The SMILES string of the molecule is COc1cc2nccc(OCc3cccc(S(C)(=N)=O)c3)c2cc1Cl. The van der Waals surface area contributed by atoms with Crippen LogP contribution >= 0.6 is 11.6 Å². The number of hydrogen-bond acceptors (Lipinski definition) is 5. The minimum atomic E-state index is -2.75. The minimum Gasteiger partial charge on any atom is -0.495 e. The number of halogens is 1. The van der Waals surface area contributed by atoms with Gasteiger partial charge in [0.15, 0.2) is 0 Å². The Labute approximate surface area is 151 Å². The molecule has 5 nitrogen and oxygen atoms in total. The quantitative estimate of drug-likeness (QED) is 0.711. The number of nitrogens with zero attached hydrogens (tertiary/aromatic N) is 1. The normalized spacial score (nSPS) is 13.4. The molecule has 7 heteroatoms. The Morgan fingerprint density at radius 3 is 2.72 bits per heavy atom. The van der Waals surface area contributed by atoms with Crippen LogP contribution in [0, 0.1) is 4.78 Å². The molecule has 0 aliphatic carbocycles. The van der Waals surface area contributed by atoms with Crippen LogP contribution in [-0.4, -0.2) is 22.6 Å². The molecular weight excluding hydrogens is 360 g/mol. The molecule has 0 aliphatic heterocycles. The maximum absolute atomic E-state index is 11.9. The van der Waals surface area contributed by atoms with Crippen molar-refractivity contribution in [2.75, 3.05) is 13.4 Å². The van der Waals surface area contributed by atoms with Crippen LogP contribution in [0.1, 0.15) is 5.56 Å². The number of aromatic nitrogens is 1. The highest BCUT2D eigenvalue weighted by Gasteiger charge is 2.10. The van der Waals surface area contributed by atoms with Gasteiger partial charge in [0.05, 0.1) is 27.4 Å². The van der Waals surface area contributed by atoms with E-state index in [0.717, 1.165) is 16.5 Å². The summed E-state index contributed by atoms with van der Waals surface area (Å²) >= 11 is 6.20. The highest BCUT2D eigenvalue weighted by Crippen LogP contribution is 2.33. The largest absolute Gasteiger partial charge is 0.495 e. The van der Waals surface area contributed by atoms with Crippen LogP contribution in [0.5, 0.6) is 11.5 Å². The summed E-state index contributed by atoms with van der Waals surface area (Å²) in [5.74, 6) is 1.20. The summed E-state index contributed by atoms with van der Waals surface area (Å²) in [5, 5.41) is 1.26. The summed E-state index contributed by atoms with van der Waals surface area (Å²) in [5.41, 5.74) is 1.55. The van der Waals surface area contributed by atoms with E-state index in [1.807, 2.05) is 6.07 Å². The first-order valence-corrected chi connectivity index (χ1v) is 9.81. The van der Waals surface area contributed by atoms with Gasteiger partial charge in [-0.05, 0) is 29.8 Å². The zero-order valence-electron chi connectivity index (χ0n) is 13.8. The van der Waals surface area contributed by atoms with Crippen molar-refractivity contribution in [3.8, 4) is 11.5 Å². The van der Waals surface area contributed by atoms with E-state index in [2.05, 4.69) is 4.98 Å². The Bertz CT molecular complexity index is 1040. The van der Waals surface area contributed by atoms with Crippen molar-refractivity contribution in [3.05, 3.63) is 59.2 Å². The molecule has 130 valence electrons. The van der Waals surface area contributed by atoms with Crippen LogP contribution in [-0.2, 0) is 16.3 Å². The van der Waals surface area contributed by atoms with E-state index in [1.165, 1.54) is 6.26 Å². The average Bonchev–Trinajstić information content (AvgIpc) is 2.59. The minimum absolute atomic E-state index is 0.284. The second kappa shape index (κ2) is 6.90. The van der Waals surface area contributed by atoms with Crippen LogP contribution < -0.4 is 9.47 Å². The van der Waals surface area contributed by atoms with Gasteiger partial charge in [0.1, 0.15) is 18.1 Å². The predicted octanol–water partition coefficient (Wildman–Crippen LogP) is 4.51. The molecule has 0 radical (unpaired) electrons. The van der Waals surface area contributed by atoms with Crippen molar-refractivity contribution in [2.24, 2.45) is 0 Å². The Morgan fingerprint density at radius 2 is 2.00 bits per heavy atom. The van der Waals surface area contributed by atoms with Gasteiger partial charge < -0.3 is 9.47 Å². The number of ether oxygens (including phenoxy) is 2. The third-order valence-corrected chi connectivity index (χ3v) is 5.17. The van der Waals surface area contributed by atoms with Gasteiger partial charge in [-0.1, -0.05) is 23.7 Å². The lowest BCUT2D eigenvalue weighted by molar-refractivity contribution is 0.309. The number of fused-ring (bicyclic) bond motifs is 1. The van der Waals surface area contributed by atoms with Gasteiger partial charge in [-0.2, -0.15) is 0 Å². The van der Waals surface area contributed by atoms with Crippen molar-refractivity contribution in [1.82, 2.24) is 4.98 Å². The monoisotopic (exact) mass is 376 g/mol. The van der Waals surface area contributed by atoms with E-state index < -0.39 is 9.73 Å². The van der Waals surface area contributed by atoms with E-state index >= 15 is 0 Å². The molecule has 0 spiro atoms. The fourth-order valence-electron chi connectivity index (χ4n) is 2.44. The Hall–Kier alpha value is -2.31. The second-order valence-corrected chi connectivity index (χ2v) is 8.16. The standard InChI is InChI=1S/C18H17ClN2O3S/c1-23-18-10-16-14(9-15(18)19)17(6-7-21-16)24-11-12-4-3-5-13(8-12)25(2,20)22/h3-10,20H,11H2,1-2H3. The Balaban J connectivity index is 1.90. The summed E-state index contributed by atoms with van der Waals surface area (Å²) < 4.78 is 30.7. The highest BCUT2D eigenvalue weighted by molar-refractivity contribution is 7.91. The summed E-state index contributed by atoms with van der Waals surface area (Å²) in [7, 11) is -1.20. The molecule has 1 atom stereocenters. The third kappa shape index (κ3) is 3.86. The van der Waals surface area contributed by atoms with E-state index in [1.54, 1.807) is 49.7 Å². The molecule has 3 rings (SSSR count). The molecule has 25 heavy (non-hydrogen) atoms. The van der Waals surface area contributed by atoms with Crippen molar-refractivity contribution in [2.45, 2.75) is 11.5 Å². The number of benzene rings is 2. The smallest absolute Gasteiger partial charge is 0.139 e.